The van der Waals surface area contributed by atoms with Crippen LogP contribution in [0.2, 0.25) is 0 Å². The van der Waals surface area contributed by atoms with Gasteiger partial charge in [-0.25, -0.2) is 0 Å². The molecule has 0 saturated carbocycles. The van der Waals surface area contributed by atoms with Crippen LogP contribution >= 0.6 is 0 Å². The molecule has 2 saturated heterocycles. The zero-order chi connectivity index (χ0) is 17.4. The fraction of sp³-hybridized carbons (Fsp3) is 0.579. The number of hydrogen-bond donors (Lipinski definition) is 0. The van der Waals surface area contributed by atoms with Crippen molar-refractivity contribution >= 4 is 17.5 Å². The summed E-state index contributed by atoms with van der Waals surface area (Å²) < 4.78 is 11.3. The molecule has 3 aliphatic rings. The molecule has 0 bridgehead atoms. The van der Waals surface area contributed by atoms with E-state index in [4.69, 9.17) is 9.47 Å². The minimum absolute atomic E-state index is 0.00859. The van der Waals surface area contributed by atoms with Crippen molar-refractivity contribution in [1.82, 2.24) is 4.90 Å². The largest absolute Gasteiger partial charge is 0.348 e. The van der Waals surface area contributed by atoms with Crippen LogP contribution in [0.3, 0.4) is 0 Å². The average Bonchev–Trinajstić information content (AvgIpc) is 3.30. The number of carbonyl (C=O) groups is 2. The molecule has 3 aliphatic heterocycles. The summed E-state index contributed by atoms with van der Waals surface area (Å²) in [4.78, 5) is 28.5. The Balaban J connectivity index is 1.56. The number of ether oxygens (including phenoxy) is 2. The van der Waals surface area contributed by atoms with Gasteiger partial charge < -0.3 is 19.3 Å². The van der Waals surface area contributed by atoms with Crippen LogP contribution in [0, 0.1) is 0 Å². The zero-order valence-corrected chi connectivity index (χ0v) is 14.6. The number of amides is 2. The standard InChI is InChI=1S/C19H24N2O4/c1-13(22)20-9-7-14-12-15(5-6-16(14)20)18(23)21-8-3-2-4-17(21)19-24-10-11-25-19/h5-6,12,17,19H,2-4,7-11H2,1H3. The minimum Gasteiger partial charge on any atom is -0.348 e. The van der Waals surface area contributed by atoms with Crippen LogP contribution in [-0.2, 0) is 20.7 Å². The highest BCUT2D eigenvalue weighted by atomic mass is 16.7. The number of anilines is 1. The van der Waals surface area contributed by atoms with E-state index in [2.05, 4.69) is 0 Å². The first-order valence-electron chi connectivity index (χ1n) is 9.10. The van der Waals surface area contributed by atoms with E-state index in [1.807, 2.05) is 23.1 Å². The second-order valence-electron chi connectivity index (χ2n) is 6.94. The molecule has 0 radical (unpaired) electrons. The summed E-state index contributed by atoms with van der Waals surface area (Å²) in [5.41, 5.74) is 2.69. The molecule has 0 N–H and O–H groups in total. The lowest BCUT2D eigenvalue weighted by molar-refractivity contribution is -0.116. The van der Waals surface area contributed by atoms with Crippen molar-refractivity contribution in [2.24, 2.45) is 0 Å². The van der Waals surface area contributed by atoms with Crippen molar-refractivity contribution in [3.05, 3.63) is 29.3 Å². The summed E-state index contributed by atoms with van der Waals surface area (Å²) in [6.07, 6.45) is 3.52. The first-order chi connectivity index (χ1) is 12.1. The average molecular weight is 344 g/mol. The van der Waals surface area contributed by atoms with Gasteiger partial charge in [0.2, 0.25) is 5.91 Å². The molecule has 0 aliphatic carbocycles. The van der Waals surface area contributed by atoms with E-state index in [-0.39, 0.29) is 24.1 Å². The fourth-order valence-electron chi connectivity index (χ4n) is 4.12. The Labute approximate surface area is 147 Å². The summed E-state index contributed by atoms with van der Waals surface area (Å²) in [5.74, 6) is 0.0809. The van der Waals surface area contributed by atoms with Gasteiger partial charge in [0.15, 0.2) is 6.29 Å². The van der Waals surface area contributed by atoms with E-state index in [0.29, 0.717) is 25.3 Å². The molecule has 1 aromatic rings. The number of benzene rings is 1. The highest BCUT2D eigenvalue weighted by molar-refractivity contribution is 5.98. The maximum Gasteiger partial charge on any atom is 0.254 e. The van der Waals surface area contributed by atoms with Crippen molar-refractivity contribution in [3.8, 4) is 0 Å². The zero-order valence-electron chi connectivity index (χ0n) is 14.6. The number of fused-ring (bicyclic) bond motifs is 1. The van der Waals surface area contributed by atoms with E-state index in [1.165, 1.54) is 0 Å². The quantitative estimate of drug-likeness (QED) is 0.823. The molecule has 4 rings (SSSR count). The smallest absolute Gasteiger partial charge is 0.254 e. The highest BCUT2D eigenvalue weighted by Crippen LogP contribution is 2.31. The van der Waals surface area contributed by atoms with Crippen LogP contribution in [0.1, 0.15) is 42.1 Å². The molecule has 6 heteroatoms. The molecular weight excluding hydrogens is 320 g/mol. The third kappa shape index (κ3) is 3.04. The molecule has 0 spiro atoms. The molecule has 1 unspecified atom stereocenters. The monoisotopic (exact) mass is 344 g/mol. The molecule has 1 aromatic carbocycles. The normalized spacial score (nSPS) is 23.8. The Morgan fingerprint density at radius 2 is 1.92 bits per heavy atom. The van der Waals surface area contributed by atoms with Crippen molar-refractivity contribution in [2.75, 3.05) is 31.2 Å². The van der Waals surface area contributed by atoms with Crippen LogP contribution in [0.5, 0.6) is 0 Å². The van der Waals surface area contributed by atoms with Crippen LogP contribution in [-0.4, -0.2) is 55.3 Å². The van der Waals surface area contributed by atoms with Crippen LogP contribution in [0.25, 0.3) is 0 Å². The SMILES string of the molecule is CC(=O)N1CCc2cc(C(=O)N3CCCCC3C3OCCO3)ccc21. The van der Waals surface area contributed by atoms with Gasteiger partial charge >= 0.3 is 0 Å². The van der Waals surface area contributed by atoms with Crippen molar-refractivity contribution in [2.45, 2.75) is 44.9 Å². The Kier molecular flexibility index (Phi) is 4.48. The van der Waals surface area contributed by atoms with Gasteiger partial charge in [-0.15, -0.1) is 0 Å². The molecule has 25 heavy (non-hydrogen) atoms. The van der Waals surface area contributed by atoms with Crippen molar-refractivity contribution in [1.29, 1.82) is 0 Å². The van der Waals surface area contributed by atoms with E-state index in [0.717, 1.165) is 43.5 Å². The molecule has 0 aromatic heterocycles. The Morgan fingerprint density at radius 1 is 1.12 bits per heavy atom. The summed E-state index contributed by atoms with van der Waals surface area (Å²) >= 11 is 0. The maximum absolute atomic E-state index is 13.1. The first kappa shape index (κ1) is 16.5. The van der Waals surface area contributed by atoms with Gasteiger partial charge in [-0.1, -0.05) is 0 Å². The van der Waals surface area contributed by atoms with E-state index in [9.17, 15) is 9.59 Å². The van der Waals surface area contributed by atoms with E-state index >= 15 is 0 Å². The number of piperidine rings is 1. The lowest BCUT2D eigenvalue weighted by atomic mass is 9.99. The third-order valence-electron chi connectivity index (χ3n) is 5.37. The van der Waals surface area contributed by atoms with E-state index in [1.54, 1.807) is 11.8 Å². The molecule has 2 fully saturated rings. The van der Waals surface area contributed by atoms with Gasteiger partial charge in [0.25, 0.3) is 5.91 Å². The fourth-order valence-corrected chi connectivity index (χ4v) is 4.12. The molecular formula is C19H24N2O4. The molecule has 2 amide bonds. The lowest BCUT2D eigenvalue weighted by Gasteiger charge is -2.38. The maximum atomic E-state index is 13.1. The second-order valence-corrected chi connectivity index (χ2v) is 6.94. The van der Waals surface area contributed by atoms with Crippen LogP contribution < -0.4 is 4.90 Å². The number of nitrogens with zero attached hydrogens (tertiary/aromatic N) is 2. The predicted molar refractivity (Wildman–Crippen MR) is 92.5 cm³/mol. The topological polar surface area (TPSA) is 59.1 Å². The van der Waals surface area contributed by atoms with E-state index < -0.39 is 0 Å². The molecule has 1 atom stereocenters. The van der Waals surface area contributed by atoms with Gasteiger partial charge in [-0.3, -0.25) is 9.59 Å². The number of rotatable bonds is 2. The predicted octanol–water partition coefficient (Wildman–Crippen LogP) is 1.96. The Morgan fingerprint density at radius 3 is 2.68 bits per heavy atom. The number of carbonyl (C=O) groups excluding carboxylic acids is 2. The lowest BCUT2D eigenvalue weighted by Crippen LogP contribution is -2.50. The number of hydrogen-bond acceptors (Lipinski definition) is 4. The molecule has 3 heterocycles. The number of likely N-dealkylation sites (tertiary alicyclic amines) is 1. The summed E-state index contributed by atoms with van der Waals surface area (Å²) in [5, 5.41) is 0. The van der Waals surface area contributed by atoms with Crippen LogP contribution in [0.15, 0.2) is 18.2 Å². The summed E-state index contributed by atoms with van der Waals surface area (Å²) in [7, 11) is 0. The van der Waals surface area contributed by atoms with Crippen molar-refractivity contribution < 1.29 is 19.1 Å². The third-order valence-corrected chi connectivity index (χ3v) is 5.37. The highest BCUT2D eigenvalue weighted by Gasteiger charge is 2.37. The molecule has 134 valence electrons. The van der Waals surface area contributed by atoms with Gasteiger partial charge in [0.05, 0.1) is 19.3 Å². The summed E-state index contributed by atoms with van der Waals surface area (Å²) in [6, 6.07) is 5.68. The Hall–Kier alpha value is -1.92. The molecule has 6 nitrogen and oxygen atoms in total. The van der Waals surface area contributed by atoms with Gasteiger partial charge in [-0.05, 0) is 49.4 Å². The first-order valence-corrected chi connectivity index (χ1v) is 9.10. The van der Waals surface area contributed by atoms with Gasteiger partial charge in [0.1, 0.15) is 0 Å². The van der Waals surface area contributed by atoms with Crippen molar-refractivity contribution in [3.63, 3.8) is 0 Å². The van der Waals surface area contributed by atoms with Crippen LogP contribution in [0.4, 0.5) is 5.69 Å². The van der Waals surface area contributed by atoms with Gasteiger partial charge in [-0.2, -0.15) is 0 Å². The minimum atomic E-state index is -0.299. The van der Waals surface area contributed by atoms with Gasteiger partial charge in [0, 0.05) is 31.3 Å². The second kappa shape index (κ2) is 6.77. The Bertz CT molecular complexity index is 684. The summed E-state index contributed by atoms with van der Waals surface area (Å²) in [6.45, 7) is 4.21.